The number of fused-ring (bicyclic) bond motifs is 1. The van der Waals surface area contributed by atoms with Gasteiger partial charge in [0.2, 0.25) is 0 Å². The normalized spacial score (nSPS) is 10.9. The molecule has 28 heavy (non-hydrogen) atoms. The van der Waals surface area contributed by atoms with Gasteiger partial charge in [0.05, 0.1) is 11.1 Å². The van der Waals surface area contributed by atoms with Gasteiger partial charge >= 0.3 is 0 Å². The Kier molecular flexibility index (Phi) is 4.71. The molecule has 0 atom stereocenters. The summed E-state index contributed by atoms with van der Waals surface area (Å²) in [5, 5.41) is 11.7. The minimum absolute atomic E-state index is 0.252. The summed E-state index contributed by atoms with van der Waals surface area (Å²) in [5.74, 6) is -0.252. The smallest absolute Gasteiger partial charge is 0.253 e. The van der Waals surface area contributed by atoms with E-state index in [0.29, 0.717) is 22.8 Å². The fourth-order valence-electron chi connectivity index (χ4n) is 3.12. The fraction of sp³-hybridized carbons (Fsp3) is 0.0952. The van der Waals surface area contributed by atoms with Gasteiger partial charge in [-0.15, -0.1) is 0 Å². The average molecular weight is 392 g/mol. The number of hydrogen-bond acceptors (Lipinski definition) is 4. The minimum Gasteiger partial charge on any atom is -0.398 e. The van der Waals surface area contributed by atoms with E-state index < -0.39 is 0 Å². The van der Waals surface area contributed by atoms with Crippen LogP contribution in [0.1, 0.15) is 21.6 Å². The number of nitrogen functional groups attached to an aromatic ring is 1. The molecule has 2 heterocycles. The molecule has 0 aliphatic heterocycles. The Balaban J connectivity index is 1.66. The number of nitrogens with two attached hydrogens (primary N) is 1. The van der Waals surface area contributed by atoms with Crippen LogP contribution < -0.4 is 11.1 Å². The first-order chi connectivity index (χ1) is 13.5. The van der Waals surface area contributed by atoms with Crippen molar-refractivity contribution in [3.63, 3.8) is 0 Å². The van der Waals surface area contributed by atoms with Crippen molar-refractivity contribution in [2.75, 3.05) is 5.73 Å². The Hall–Kier alpha value is -3.38. The summed E-state index contributed by atoms with van der Waals surface area (Å²) in [7, 11) is 0. The molecule has 0 unspecified atom stereocenters. The number of nitrogens with one attached hydrogen (secondary N) is 2. The van der Waals surface area contributed by atoms with Crippen molar-refractivity contribution in [1.82, 2.24) is 20.5 Å². The largest absolute Gasteiger partial charge is 0.398 e. The third-order valence-electron chi connectivity index (χ3n) is 4.49. The van der Waals surface area contributed by atoms with E-state index in [4.69, 9.17) is 17.3 Å². The van der Waals surface area contributed by atoms with Crippen LogP contribution in [-0.4, -0.2) is 21.1 Å². The Morgan fingerprint density at radius 1 is 1.21 bits per heavy atom. The van der Waals surface area contributed by atoms with Gasteiger partial charge in [-0.2, -0.15) is 5.10 Å². The van der Waals surface area contributed by atoms with Gasteiger partial charge in [-0.3, -0.25) is 14.9 Å². The SMILES string of the molecule is Cc1cc(-c2n[nH]c3cc(N)c(C(=O)NCc4cccc(Cl)c4)cc23)ccn1. The van der Waals surface area contributed by atoms with E-state index in [2.05, 4.69) is 20.5 Å². The Morgan fingerprint density at radius 2 is 2.07 bits per heavy atom. The Labute approximate surface area is 166 Å². The summed E-state index contributed by atoms with van der Waals surface area (Å²) < 4.78 is 0. The molecule has 0 saturated carbocycles. The standard InChI is InChI=1S/C21H18ClN5O/c1-12-7-14(5-6-24-12)20-17-9-16(18(23)10-19(17)26-27-20)21(28)25-11-13-3-2-4-15(22)8-13/h2-10H,11,23H2,1H3,(H,25,28)(H,26,27). The van der Waals surface area contributed by atoms with E-state index in [0.717, 1.165) is 33.4 Å². The molecule has 2 aromatic carbocycles. The number of rotatable bonds is 4. The maximum Gasteiger partial charge on any atom is 0.253 e. The van der Waals surface area contributed by atoms with Crippen molar-refractivity contribution in [1.29, 1.82) is 0 Å². The molecule has 1 amide bonds. The van der Waals surface area contributed by atoms with Crippen molar-refractivity contribution in [2.45, 2.75) is 13.5 Å². The molecule has 4 N–H and O–H groups in total. The quantitative estimate of drug-likeness (QED) is 0.456. The molecule has 2 aromatic heterocycles. The van der Waals surface area contributed by atoms with Crippen LogP contribution in [0, 0.1) is 6.92 Å². The van der Waals surface area contributed by atoms with Gasteiger partial charge < -0.3 is 11.1 Å². The molecule has 0 radical (unpaired) electrons. The van der Waals surface area contributed by atoms with Crippen LogP contribution in [-0.2, 0) is 6.54 Å². The number of amides is 1. The van der Waals surface area contributed by atoms with E-state index in [9.17, 15) is 4.79 Å². The van der Waals surface area contributed by atoms with Crippen LogP contribution in [0.5, 0.6) is 0 Å². The number of carbonyl (C=O) groups excluding carboxylic acids is 1. The lowest BCUT2D eigenvalue weighted by Gasteiger charge is -2.09. The molecule has 0 aliphatic carbocycles. The molecule has 4 rings (SSSR count). The number of pyridine rings is 1. The molecule has 0 bridgehead atoms. The molecule has 7 heteroatoms. The second kappa shape index (κ2) is 7.32. The van der Waals surface area contributed by atoms with Gasteiger partial charge in [-0.1, -0.05) is 23.7 Å². The first-order valence-corrected chi connectivity index (χ1v) is 9.12. The lowest BCUT2D eigenvalue weighted by Crippen LogP contribution is -2.23. The van der Waals surface area contributed by atoms with Crippen LogP contribution in [0.15, 0.2) is 54.7 Å². The molecule has 140 valence electrons. The first kappa shape index (κ1) is 18.0. The summed E-state index contributed by atoms with van der Waals surface area (Å²) in [4.78, 5) is 16.9. The number of anilines is 1. The lowest BCUT2D eigenvalue weighted by molar-refractivity contribution is 0.0952. The average Bonchev–Trinajstić information content (AvgIpc) is 3.08. The first-order valence-electron chi connectivity index (χ1n) is 8.74. The van der Waals surface area contributed by atoms with Crippen molar-refractivity contribution >= 4 is 34.1 Å². The van der Waals surface area contributed by atoms with Crippen LogP contribution in [0.3, 0.4) is 0 Å². The highest BCUT2D eigenvalue weighted by molar-refractivity contribution is 6.30. The number of aromatic amines is 1. The van der Waals surface area contributed by atoms with Gasteiger partial charge in [0.1, 0.15) is 5.69 Å². The highest BCUT2D eigenvalue weighted by Gasteiger charge is 2.16. The van der Waals surface area contributed by atoms with Crippen molar-refractivity contribution in [2.24, 2.45) is 0 Å². The predicted molar refractivity (Wildman–Crippen MR) is 111 cm³/mol. The molecular weight excluding hydrogens is 374 g/mol. The van der Waals surface area contributed by atoms with Crippen LogP contribution >= 0.6 is 11.6 Å². The molecule has 0 aliphatic rings. The maximum atomic E-state index is 12.7. The number of carbonyl (C=O) groups is 1. The monoisotopic (exact) mass is 391 g/mol. The zero-order valence-electron chi connectivity index (χ0n) is 15.2. The molecule has 4 aromatic rings. The second-order valence-corrected chi connectivity index (χ2v) is 6.99. The third kappa shape index (κ3) is 3.54. The van der Waals surface area contributed by atoms with Crippen molar-refractivity contribution < 1.29 is 4.79 Å². The minimum atomic E-state index is -0.252. The van der Waals surface area contributed by atoms with Crippen LogP contribution in [0.25, 0.3) is 22.2 Å². The van der Waals surface area contributed by atoms with Gasteiger partial charge in [0.25, 0.3) is 5.91 Å². The summed E-state index contributed by atoms with van der Waals surface area (Å²) in [6.07, 6.45) is 1.74. The van der Waals surface area contributed by atoms with Crippen molar-refractivity contribution in [3.8, 4) is 11.3 Å². The molecule has 0 saturated heterocycles. The van der Waals surface area contributed by atoms with Gasteiger partial charge in [-0.25, -0.2) is 0 Å². The highest BCUT2D eigenvalue weighted by atomic mass is 35.5. The van der Waals surface area contributed by atoms with E-state index >= 15 is 0 Å². The zero-order valence-corrected chi connectivity index (χ0v) is 15.9. The van der Waals surface area contributed by atoms with E-state index in [1.54, 1.807) is 24.4 Å². The molecule has 6 nitrogen and oxygen atoms in total. The number of aromatic nitrogens is 3. The number of hydrogen-bond donors (Lipinski definition) is 3. The topological polar surface area (TPSA) is 96.7 Å². The third-order valence-corrected chi connectivity index (χ3v) is 4.72. The van der Waals surface area contributed by atoms with Crippen LogP contribution in [0.4, 0.5) is 5.69 Å². The van der Waals surface area contributed by atoms with Crippen molar-refractivity contribution in [3.05, 3.63) is 76.6 Å². The summed E-state index contributed by atoms with van der Waals surface area (Å²) in [5.41, 5.74) is 11.2. The Bertz CT molecular complexity index is 1180. The zero-order chi connectivity index (χ0) is 19.7. The number of nitrogens with zero attached hydrogens (tertiary/aromatic N) is 2. The number of H-pyrrole nitrogens is 1. The molecule has 0 spiro atoms. The highest BCUT2D eigenvalue weighted by Crippen LogP contribution is 2.29. The summed E-state index contributed by atoms with van der Waals surface area (Å²) >= 11 is 5.99. The number of aryl methyl sites for hydroxylation is 1. The lowest BCUT2D eigenvalue weighted by atomic mass is 10.0. The van der Waals surface area contributed by atoms with E-state index in [1.165, 1.54) is 0 Å². The fourth-order valence-corrected chi connectivity index (χ4v) is 3.33. The van der Waals surface area contributed by atoms with Crippen LogP contribution in [0.2, 0.25) is 5.02 Å². The number of benzene rings is 2. The Morgan fingerprint density at radius 3 is 2.86 bits per heavy atom. The number of halogens is 1. The van der Waals surface area contributed by atoms with Gasteiger partial charge in [-0.05, 0) is 48.9 Å². The summed E-state index contributed by atoms with van der Waals surface area (Å²) in [6.45, 7) is 2.28. The molecule has 0 fully saturated rings. The van der Waals surface area contributed by atoms with Gasteiger partial charge in [0, 0.05) is 40.1 Å². The van der Waals surface area contributed by atoms with E-state index in [-0.39, 0.29) is 5.91 Å². The molecular formula is C21H18ClN5O. The summed E-state index contributed by atoms with van der Waals surface area (Å²) in [6, 6.07) is 14.7. The van der Waals surface area contributed by atoms with Gasteiger partial charge in [0.15, 0.2) is 0 Å². The maximum absolute atomic E-state index is 12.7. The predicted octanol–water partition coefficient (Wildman–Crippen LogP) is 4.10. The van der Waals surface area contributed by atoms with E-state index in [1.807, 2.05) is 37.3 Å². The second-order valence-electron chi connectivity index (χ2n) is 6.56.